The molecule has 0 aliphatic heterocycles. The molecule has 0 bridgehead atoms. The van der Waals surface area contributed by atoms with Gasteiger partial charge < -0.3 is 4.90 Å². The van der Waals surface area contributed by atoms with E-state index in [0.717, 1.165) is 6.42 Å². The third-order valence-electron chi connectivity index (χ3n) is 2.84. The number of halogens is 3. The van der Waals surface area contributed by atoms with Crippen LogP contribution in [-0.2, 0) is 0 Å². The lowest BCUT2D eigenvalue weighted by molar-refractivity contribution is 0.204. The van der Waals surface area contributed by atoms with Gasteiger partial charge in [-0.1, -0.05) is 56.6 Å². The molecule has 0 aromatic carbocycles. The third kappa shape index (κ3) is 6.81. The van der Waals surface area contributed by atoms with E-state index >= 15 is 0 Å². The summed E-state index contributed by atoms with van der Waals surface area (Å²) < 4.78 is 14.1. The van der Waals surface area contributed by atoms with Crippen molar-refractivity contribution in [2.45, 2.75) is 46.7 Å². The first-order chi connectivity index (χ1) is 9.37. The quantitative estimate of drug-likeness (QED) is 0.480. The van der Waals surface area contributed by atoms with Crippen LogP contribution in [0.4, 0.5) is 4.39 Å². The Morgan fingerprint density at radius 1 is 1.35 bits per heavy atom. The van der Waals surface area contributed by atoms with E-state index in [2.05, 4.69) is 6.58 Å². The van der Waals surface area contributed by atoms with E-state index in [1.54, 1.807) is 12.2 Å². The predicted molar refractivity (Wildman–Crippen MR) is 88.9 cm³/mol. The van der Waals surface area contributed by atoms with Gasteiger partial charge in [-0.2, -0.15) is 0 Å². The maximum absolute atomic E-state index is 14.1. The van der Waals surface area contributed by atoms with Crippen LogP contribution in [0.3, 0.4) is 0 Å². The van der Waals surface area contributed by atoms with Gasteiger partial charge in [-0.25, -0.2) is 4.39 Å². The maximum atomic E-state index is 14.1. The second kappa shape index (κ2) is 10.3. The lowest BCUT2D eigenvalue weighted by Gasteiger charge is -2.29. The van der Waals surface area contributed by atoms with E-state index in [4.69, 9.17) is 23.2 Å². The van der Waals surface area contributed by atoms with Gasteiger partial charge in [0.25, 0.3) is 0 Å². The Hall–Kier alpha value is -0.470. The maximum Gasteiger partial charge on any atom is 0.118 e. The molecule has 0 rings (SSSR count). The molecule has 0 saturated heterocycles. The topological polar surface area (TPSA) is 3.24 Å². The molecule has 0 N–H and O–H groups in total. The highest BCUT2D eigenvalue weighted by Crippen LogP contribution is 2.27. The van der Waals surface area contributed by atoms with Crippen molar-refractivity contribution in [3.05, 3.63) is 34.5 Å². The van der Waals surface area contributed by atoms with E-state index in [1.165, 1.54) is 0 Å². The van der Waals surface area contributed by atoms with Crippen LogP contribution in [0, 0.1) is 5.92 Å². The van der Waals surface area contributed by atoms with Gasteiger partial charge in [0.2, 0.25) is 0 Å². The average Bonchev–Trinajstić information content (AvgIpc) is 2.37. The highest BCUT2D eigenvalue weighted by Gasteiger charge is 2.20. The molecule has 0 aromatic rings. The molecule has 1 unspecified atom stereocenters. The fourth-order valence-corrected chi connectivity index (χ4v) is 2.53. The summed E-state index contributed by atoms with van der Waals surface area (Å²) in [6, 6.07) is 0. The first kappa shape index (κ1) is 19.5. The number of nitrogens with zero attached hydrogens (tertiary/aromatic N) is 1. The molecule has 0 aromatic heterocycles. The molecule has 0 amide bonds. The number of hydrogen-bond acceptors (Lipinski definition) is 1. The first-order valence-corrected chi connectivity index (χ1v) is 7.86. The van der Waals surface area contributed by atoms with E-state index in [1.807, 2.05) is 32.6 Å². The lowest BCUT2D eigenvalue weighted by atomic mass is 10.1. The van der Waals surface area contributed by atoms with E-state index in [0.29, 0.717) is 41.2 Å². The summed E-state index contributed by atoms with van der Waals surface area (Å²) in [6.07, 6.45) is 3.84. The summed E-state index contributed by atoms with van der Waals surface area (Å²) >= 11 is 12.4. The van der Waals surface area contributed by atoms with Crippen molar-refractivity contribution >= 4 is 23.2 Å². The molecule has 116 valence electrons. The largest absolute Gasteiger partial charge is 0.366 e. The second-order valence-corrected chi connectivity index (χ2v) is 6.02. The molecule has 0 radical (unpaired) electrons. The summed E-state index contributed by atoms with van der Waals surface area (Å²) in [6.45, 7) is 12.6. The van der Waals surface area contributed by atoms with Gasteiger partial charge in [0.1, 0.15) is 6.17 Å². The van der Waals surface area contributed by atoms with Crippen LogP contribution < -0.4 is 0 Å². The zero-order valence-corrected chi connectivity index (χ0v) is 14.4. The minimum Gasteiger partial charge on any atom is -0.366 e. The van der Waals surface area contributed by atoms with Gasteiger partial charge in [0.15, 0.2) is 0 Å². The predicted octanol–water partition coefficient (Wildman–Crippen LogP) is 5.86. The van der Waals surface area contributed by atoms with Crippen molar-refractivity contribution in [1.29, 1.82) is 0 Å². The Kier molecular flexibility index (Phi) is 10.0. The molecule has 1 nitrogen and oxygen atoms in total. The standard InChI is InChI=1S/C16H26Cl2FN/c1-6-9-20(11-13(19)10-12(4)5)16(14(17)7-2)15(18)8-3/h7-8,12-13H,2,6,9-11H2,1,3-5H3/b15-8+,16-14-. The van der Waals surface area contributed by atoms with Gasteiger partial charge in [-0.3, -0.25) is 0 Å². The van der Waals surface area contributed by atoms with Gasteiger partial charge >= 0.3 is 0 Å². The molecule has 1 atom stereocenters. The minimum absolute atomic E-state index is 0.301. The molecule has 4 heteroatoms. The summed E-state index contributed by atoms with van der Waals surface area (Å²) in [7, 11) is 0. The van der Waals surface area contributed by atoms with E-state index < -0.39 is 6.17 Å². The number of hydrogen-bond donors (Lipinski definition) is 0. The van der Waals surface area contributed by atoms with Crippen molar-refractivity contribution in [3.63, 3.8) is 0 Å². The molecular weight excluding hydrogens is 296 g/mol. The number of allylic oxidation sites excluding steroid dienone is 4. The summed E-state index contributed by atoms with van der Waals surface area (Å²) in [4.78, 5) is 1.92. The highest BCUT2D eigenvalue weighted by atomic mass is 35.5. The summed E-state index contributed by atoms with van der Waals surface area (Å²) in [5.41, 5.74) is 0.666. The van der Waals surface area contributed by atoms with Crippen LogP contribution in [0.2, 0.25) is 0 Å². The van der Waals surface area contributed by atoms with Gasteiger partial charge in [-0.05, 0) is 31.8 Å². The van der Waals surface area contributed by atoms with Gasteiger partial charge in [-0.15, -0.1) is 0 Å². The highest BCUT2D eigenvalue weighted by molar-refractivity contribution is 6.36. The van der Waals surface area contributed by atoms with Crippen LogP contribution in [-0.4, -0.2) is 24.2 Å². The Bertz CT molecular complexity index is 361. The molecule has 0 spiro atoms. The molecule has 0 fully saturated rings. The van der Waals surface area contributed by atoms with Crippen molar-refractivity contribution in [2.24, 2.45) is 5.92 Å². The fraction of sp³-hybridized carbons (Fsp3) is 0.625. The zero-order chi connectivity index (χ0) is 15.7. The first-order valence-electron chi connectivity index (χ1n) is 7.10. The van der Waals surface area contributed by atoms with Crippen LogP contribution in [0.5, 0.6) is 0 Å². The molecule has 0 aliphatic carbocycles. The van der Waals surface area contributed by atoms with Gasteiger partial charge in [0.05, 0.1) is 15.8 Å². The van der Waals surface area contributed by atoms with Crippen LogP contribution in [0.1, 0.15) is 40.5 Å². The molecule has 0 saturated carbocycles. The smallest absolute Gasteiger partial charge is 0.118 e. The Morgan fingerprint density at radius 3 is 2.35 bits per heavy atom. The molecule has 20 heavy (non-hydrogen) atoms. The Morgan fingerprint density at radius 2 is 1.95 bits per heavy atom. The average molecular weight is 322 g/mol. The monoisotopic (exact) mass is 321 g/mol. The zero-order valence-electron chi connectivity index (χ0n) is 12.9. The number of rotatable bonds is 9. The lowest BCUT2D eigenvalue weighted by Crippen LogP contribution is -2.32. The van der Waals surface area contributed by atoms with Crippen LogP contribution >= 0.6 is 23.2 Å². The summed E-state index contributed by atoms with van der Waals surface area (Å²) in [5.74, 6) is 0.327. The van der Waals surface area contributed by atoms with Crippen molar-refractivity contribution < 1.29 is 4.39 Å². The molecular formula is C16H26Cl2FN. The van der Waals surface area contributed by atoms with E-state index in [-0.39, 0.29) is 0 Å². The Balaban J connectivity index is 5.25. The fourth-order valence-electron chi connectivity index (χ4n) is 2.04. The van der Waals surface area contributed by atoms with Crippen molar-refractivity contribution in [2.75, 3.05) is 13.1 Å². The Labute approximate surface area is 133 Å². The molecule has 0 heterocycles. The SMILES string of the molecule is C=C/C(Cl)=C(\C(Cl)=C/C)N(CCC)CC(F)CC(C)C. The third-order valence-corrected chi connectivity index (χ3v) is 3.57. The second-order valence-electron chi connectivity index (χ2n) is 5.21. The van der Waals surface area contributed by atoms with Crippen LogP contribution in [0.15, 0.2) is 34.5 Å². The molecule has 0 aliphatic rings. The minimum atomic E-state index is -0.896. The van der Waals surface area contributed by atoms with Crippen molar-refractivity contribution in [3.8, 4) is 0 Å². The van der Waals surface area contributed by atoms with Crippen LogP contribution in [0.25, 0.3) is 0 Å². The normalized spacial score (nSPS) is 15.1. The number of alkyl halides is 1. The van der Waals surface area contributed by atoms with Crippen molar-refractivity contribution in [1.82, 2.24) is 4.90 Å². The van der Waals surface area contributed by atoms with E-state index in [9.17, 15) is 4.39 Å². The van der Waals surface area contributed by atoms with Gasteiger partial charge in [0, 0.05) is 13.1 Å². The summed E-state index contributed by atoms with van der Waals surface area (Å²) in [5, 5.41) is 0.985.